The highest BCUT2D eigenvalue weighted by molar-refractivity contribution is 7.92. The van der Waals surface area contributed by atoms with E-state index in [0.29, 0.717) is 24.4 Å². The van der Waals surface area contributed by atoms with Gasteiger partial charge in [-0.05, 0) is 35.7 Å². The van der Waals surface area contributed by atoms with Crippen LogP contribution in [0.15, 0.2) is 48.5 Å². The van der Waals surface area contributed by atoms with Crippen LogP contribution in [0, 0.1) is 0 Å². The molecule has 1 N–H and O–H groups in total. The maximum absolute atomic E-state index is 12.5. The molecule has 0 aliphatic heterocycles. The molecule has 0 aliphatic carbocycles. The quantitative estimate of drug-likeness (QED) is 0.769. The summed E-state index contributed by atoms with van der Waals surface area (Å²) in [4.78, 5) is 12.5. The zero-order chi connectivity index (χ0) is 19.2. The fraction of sp³-hybridized carbons (Fsp3) is 0.316. The summed E-state index contributed by atoms with van der Waals surface area (Å²) in [6.07, 6.45) is 1.77. The Morgan fingerprint density at radius 2 is 1.88 bits per heavy atom. The maximum Gasteiger partial charge on any atom is 0.245 e. The number of aryl methyl sites for hydroxylation is 1. The van der Waals surface area contributed by atoms with Crippen molar-refractivity contribution >= 4 is 27.3 Å². The van der Waals surface area contributed by atoms with Crippen molar-refractivity contribution in [1.82, 2.24) is 0 Å². The Labute approximate surface area is 154 Å². The molecule has 0 saturated carbocycles. The summed E-state index contributed by atoms with van der Waals surface area (Å²) < 4.78 is 30.7. The molecular weight excluding hydrogens is 352 g/mol. The van der Waals surface area contributed by atoms with Crippen molar-refractivity contribution in [3.63, 3.8) is 0 Å². The minimum absolute atomic E-state index is 0.287. The first kappa shape index (κ1) is 19.9. The number of anilines is 2. The minimum Gasteiger partial charge on any atom is -0.380 e. The Hall–Kier alpha value is -2.38. The average molecular weight is 376 g/mol. The van der Waals surface area contributed by atoms with Crippen LogP contribution in [0.2, 0.25) is 0 Å². The maximum atomic E-state index is 12.5. The number of hydrogen-bond acceptors (Lipinski definition) is 4. The van der Waals surface area contributed by atoms with Gasteiger partial charge in [-0.3, -0.25) is 9.10 Å². The van der Waals surface area contributed by atoms with Crippen LogP contribution in [0.1, 0.15) is 18.1 Å². The van der Waals surface area contributed by atoms with Crippen molar-refractivity contribution in [2.75, 3.05) is 29.5 Å². The number of amides is 1. The Morgan fingerprint density at radius 3 is 2.54 bits per heavy atom. The highest BCUT2D eigenvalue weighted by Gasteiger charge is 2.22. The number of rotatable bonds is 8. The molecule has 0 atom stereocenters. The Morgan fingerprint density at radius 1 is 1.15 bits per heavy atom. The van der Waals surface area contributed by atoms with Gasteiger partial charge in [0, 0.05) is 12.8 Å². The fourth-order valence-electron chi connectivity index (χ4n) is 2.67. The van der Waals surface area contributed by atoms with Crippen LogP contribution in [-0.2, 0) is 32.6 Å². The van der Waals surface area contributed by atoms with E-state index < -0.39 is 15.9 Å². The smallest absolute Gasteiger partial charge is 0.245 e. The lowest BCUT2D eigenvalue weighted by atomic mass is 10.1. The van der Waals surface area contributed by atoms with Crippen LogP contribution >= 0.6 is 0 Å². The zero-order valence-electron chi connectivity index (χ0n) is 15.2. The monoisotopic (exact) mass is 376 g/mol. The van der Waals surface area contributed by atoms with Gasteiger partial charge in [-0.15, -0.1) is 0 Å². The predicted octanol–water partition coefficient (Wildman–Crippen LogP) is 2.80. The lowest BCUT2D eigenvalue weighted by Crippen LogP contribution is -2.38. The van der Waals surface area contributed by atoms with E-state index in [-0.39, 0.29) is 6.54 Å². The normalized spacial score (nSPS) is 11.2. The third-order valence-electron chi connectivity index (χ3n) is 3.85. The molecule has 0 bridgehead atoms. The first-order chi connectivity index (χ1) is 12.3. The molecule has 6 nitrogen and oxygen atoms in total. The van der Waals surface area contributed by atoms with E-state index in [4.69, 9.17) is 4.74 Å². The average Bonchev–Trinajstić information content (AvgIpc) is 2.59. The van der Waals surface area contributed by atoms with Crippen LogP contribution in [-0.4, -0.2) is 34.2 Å². The lowest BCUT2D eigenvalue weighted by Gasteiger charge is -2.24. The number of nitrogens with zero attached hydrogens (tertiary/aromatic N) is 1. The van der Waals surface area contributed by atoms with Gasteiger partial charge in [0.2, 0.25) is 15.9 Å². The van der Waals surface area contributed by atoms with E-state index in [1.165, 1.54) is 0 Å². The summed E-state index contributed by atoms with van der Waals surface area (Å²) in [5.41, 5.74) is 2.91. The highest BCUT2D eigenvalue weighted by Crippen LogP contribution is 2.23. The molecule has 26 heavy (non-hydrogen) atoms. The van der Waals surface area contributed by atoms with Gasteiger partial charge in [0.1, 0.15) is 6.54 Å². The zero-order valence-corrected chi connectivity index (χ0v) is 16.0. The van der Waals surface area contributed by atoms with Crippen molar-refractivity contribution in [3.8, 4) is 0 Å². The predicted molar refractivity (Wildman–Crippen MR) is 104 cm³/mol. The Balaban J connectivity index is 2.21. The molecule has 0 aliphatic rings. The van der Waals surface area contributed by atoms with Crippen LogP contribution in [0.25, 0.3) is 0 Å². The van der Waals surface area contributed by atoms with Crippen molar-refractivity contribution in [1.29, 1.82) is 0 Å². The van der Waals surface area contributed by atoms with Gasteiger partial charge in [-0.2, -0.15) is 0 Å². The van der Waals surface area contributed by atoms with Crippen molar-refractivity contribution in [3.05, 3.63) is 59.7 Å². The number of sulfonamides is 1. The third-order valence-corrected chi connectivity index (χ3v) is 4.98. The number of nitrogens with one attached hydrogen (secondary N) is 1. The van der Waals surface area contributed by atoms with Crippen LogP contribution < -0.4 is 9.62 Å². The molecule has 0 aromatic heterocycles. The van der Waals surface area contributed by atoms with Gasteiger partial charge in [0.05, 0.1) is 18.6 Å². The number of ether oxygens (including phenoxy) is 1. The Kier molecular flexibility index (Phi) is 6.76. The number of para-hydroxylation sites is 1. The van der Waals surface area contributed by atoms with E-state index in [2.05, 4.69) is 5.32 Å². The molecular formula is C19H24N2O4S. The molecule has 2 aromatic rings. The number of hydrogen-bond donors (Lipinski definition) is 1. The summed E-state index contributed by atoms with van der Waals surface area (Å²) in [6.45, 7) is 2.09. The van der Waals surface area contributed by atoms with Gasteiger partial charge in [0.15, 0.2) is 0 Å². The van der Waals surface area contributed by atoms with Crippen molar-refractivity contribution in [2.45, 2.75) is 20.0 Å². The summed E-state index contributed by atoms with van der Waals surface area (Å²) in [6, 6.07) is 14.4. The molecule has 0 spiro atoms. The highest BCUT2D eigenvalue weighted by atomic mass is 32.2. The molecule has 2 aromatic carbocycles. The largest absolute Gasteiger partial charge is 0.380 e. The van der Waals surface area contributed by atoms with Crippen molar-refractivity contribution in [2.24, 2.45) is 0 Å². The van der Waals surface area contributed by atoms with Crippen LogP contribution in [0.5, 0.6) is 0 Å². The fourth-order valence-corrected chi connectivity index (χ4v) is 3.56. The van der Waals surface area contributed by atoms with Gasteiger partial charge in [-0.25, -0.2) is 8.42 Å². The number of carbonyl (C=O) groups is 1. The minimum atomic E-state index is -3.60. The lowest BCUT2D eigenvalue weighted by molar-refractivity contribution is -0.114. The summed E-state index contributed by atoms with van der Waals surface area (Å²) in [5, 5.41) is 2.75. The molecule has 0 fully saturated rings. The van der Waals surface area contributed by atoms with E-state index in [0.717, 1.165) is 21.7 Å². The number of carbonyl (C=O) groups excluding carboxylic acids is 1. The first-order valence-electron chi connectivity index (χ1n) is 8.28. The van der Waals surface area contributed by atoms with Crippen molar-refractivity contribution < 1.29 is 17.9 Å². The third kappa shape index (κ3) is 5.31. The van der Waals surface area contributed by atoms with Gasteiger partial charge >= 0.3 is 0 Å². The molecule has 7 heteroatoms. The van der Waals surface area contributed by atoms with Gasteiger partial charge < -0.3 is 10.1 Å². The SMILES string of the molecule is CCc1ccccc1N(CC(=O)Nc1cccc(COC)c1)S(C)(=O)=O. The molecule has 1 amide bonds. The molecule has 2 rings (SSSR count). The summed E-state index contributed by atoms with van der Waals surface area (Å²) >= 11 is 0. The molecule has 0 heterocycles. The molecule has 0 unspecified atom stereocenters. The van der Waals surface area contributed by atoms with E-state index in [9.17, 15) is 13.2 Å². The van der Waals surface area contributed by atoms with E-state index in [1.54, 1.807) is 31.4 Å². The number of methoxy groups -OCH3 is 1. The van der Waals surface area contributed by atoms with Crippen LogP contribution in [0.4, 0.5) is 11.4 Å². The first-order valence-corrected chi connectivity index (χ1v) is 10.1. The molecule has 0 radical (unpaired) electrons. The molecule has 140 valence electrons. The van der Waals surface area contributed by atoms with Crippen LogP contribution in [0.3, 0.4) is 0 Å². The van der Waals surface area contributed by atoms with E-state index in [1.807, 2.05) is 31.2 Å². The second-order valence-electron chi connectivity index (χ2n) is 5.93. The standard InChI is InChI=1S/C19H24N2O4S/c1-4-16-9-5-6-11-18(16)21(26(3,23)24)13-19(22)20-17-10-7-8-15(12-17)14-25-2/h5-12H,4,13-14H2,1-3H3,(H,20,22). The molecule has 0 saturated heterocycles. The summed E-state index contributed by atoms with van der Waals surface area (Å²) in [5.74, 6) is -0.407. The second-order valence-corrected chi connectivity index (χ2v) is 7.84. The summed E-state index contributed by atoms with van der Waals surface area (Å²) in [7, 11) is -2.00. The second kappa shape index (κ2) is 8.82. The van der Waals surface area contributed by atoms with Gasteiger partial charge in [-0.1, -0.05) is 37.3 Å². The number of benzene rings is 2. The Bertz CT molecular complexity index is 865. The van der Waals surface area contributed by atoms with E-state index >= 15 is 0 Å². The van der Waals surface area contributed by atoms with Gasteiger partial charge in [0.25, 0.3) is 0 Å². The topological polar surface area (TPSA) is 75.7 Å².